The Hall–Kier alpha value is -1.09. The molecular weight excluding hydrogens is 281 g/mol. The number of rotatable bonds is 3. The number of hydrogen-bond acceptors (Lipinski definition) is 2. The molecule has 2 rings (SSSR count). The van der Waals surface area contributed by atoms with Gasteiger partial charge in [0, 0.05) is 12.2 Å². The molecule has 20 heavy (non-hydrogen) atoms. The molecule has 1 aromatic heterocycles. The molecule has 1 atom stereocenters. The average Bonchev–Trinajstić information content (AvgIpc) is 2.38. The largest absolute Gasteiger partial charge is 0.349 e. The molecule has 110 valence electrons. The Balaban J connectivity index is 2.21. The molecule has 3 nitrogen and oxygen atoms in total. The molecule has 0 saturated heterocycles. The van der Waals surface area contributed by atoms with Gasteiger partial charge in [-0.05, 0) is 31.4 Å². The Morgan fingerprint density at radius 2 is 2.05 bits per heavy atom. The van der Waals surface area contributed by atoms with Gasteiger partial charge in [0.1, 0.15) is 5.69 Å². The van der Waals surface area contributed by atoms with Crippen molar-refractivity contribution >= 4 is 15.1 Å². The highest BCUT2D eigenvalue weighted by Crippen LogP contribution is 2.35. The van der Waals surface area contributed by atoms with Crippen LogP contribution in [0.25, 0.3) is 0 Å². The quantitative estimate of drug-likeness (QED) is 0.870. The maximum Gasteiger partial charge on any atom is 0.301 e. The number of alkyl halides is 2. The minimum Gasteiger partial charge on any atom is -0.349 e. The van der Waals surface area contributed by atoms with Crippen molar-refractivity contribution in [2.75, 3.05) is 0 Å². The molecular formula is C14H19F2N2OP. The summed E-state index contributed by atoms with van der Waals surface area (Å²) in [6.07, 6.45) is 6.50. The third kappa shape index (κ3) is 3.72. The smallest absolute Gasteiger partial charge is 0.301 e. The second-order valence-electron chi connectivity index (χ2n) is 5.34. The molecule has 1 aromatic rings. The lowest BCUT2D eigenvalue weighted by molar-refractivity contribution is 0.0856. The van der Waals surface area contributed by atoms with Crippen molar-refractivity contribution in [3.8, 4) is 0 Å². The van der Waals surface area contributed by atoms with Crippen LogP contribution < -0.4 is 5.32 Å². The van der Waals surface area contributed by atoms with Gasteiger partial charge in [0.2, 0.25) is 0 Å². The van der Waals surface area contributed by atoms with Gasteiger partial charge in [0.15, 0.2) is 0 Å². The predicted molar refractivity (Wildman–Crippen MR) is 76.9 cm³/mol. The number of pyridine rings is 1. The second-order valence-corrected chi connectivity index (χ2v) is 6.07. The van der Waals surface area contributed by atoms with E-state index in [0.29, 0.717) is 5.56 Å². The highest BCUT2D eigenvalue weighted by molar-refractivity contribution is 7.17. The first-order valence-electron chi connectivity index (χ1n) is 6.82. The van der Waals surface area contributed by atoms with Crippen LogP contribution in [0.1, 0.15) is 53.7 Å². The van der Waals surface area contributed by atoms with Gasteiger partial charge in [-0.15, -0.1) is 0 Å². The van der Waals surface area contributed by atoms with E-state index >= 15 is 0 Å². The summed E-state index contributed by atoms with van der Waals surface area (Å²) in [7, 11) is 1.44. The number of aromatic nitrogens is 1. The van der Waals surface area contributed by atoms with Crippen LogP contribution in [0.2, 0.25) is 0 Å². The Labute approximate surface area is 119 Å². The zero-order valence-corrected chi connectivity index (χ0v) is 12.6. The van der Waals surface area contributed by atoms with E-state index in [9.17, 15) is 13.6 Å². The van der Waals surface area contributed by atoms with Crippen LogP contribution in [0.3, 0.4) is 0 Å². The third-order valence-electron chi connectivity index (χ3n) is 3.53. The van der Waals surface area contributed by atoms with Crippen molar-refractivity contribution in [1.82, 2.24) is 10.3 Å². The summed E-state index contributed by atoms with van der Waals surface area (Å²) < 4.78 is 27.0. The minimum absolute atomic E-state index is 0.0319. The van der Waals surface area contributed by atoms with Gasteiger partial charge < -0.3 is 5.32 Å². The van der Waals surface area contributed by atoms with E-state index in [-0.39, 0.29) is 11.6 Å². The second kappa shape index (κ2) is 6.13. The first-order chi connectivity index (χ1) is 9.38. The van der Waals surface area contributed by atoms with E-state index in [0.717, 1.165) is 25.7 Å². The topological polar surface area (TPSA) is 42.0 Å². The maximum atomic E-state index is 13.5. The molecule has 0 aromatic carbocycles. The number of carbonyl (C=O) groups is 1. The predicted octanol–water partition coefficient (Wildman–Crippen LogP) is 3.38. The zero-order valence-electron chi connectivity index (χ0n) is 11.5. The Kier molecular flexibility index (Phi) is 4.69. The lowest BCUT2D eigenvalue weighted by Crippen LogP contribution is -2.37. The van der Waals surface area contributed by atoms with E-state index in [1.54, 1.807) is 6.92 Å². The van der Waals surface area contributed by atoms with Gasteiger partial charge in [0.25, 0.3) is 5.91 Å². The van der Waals surface area contributed by atoms with E-state index in [4.69, 9.17) is 0 Å². The summed E-state index contributed by atoms with van der Waals surface area (Å²) in [5, 5.41) is 2.85. The van der Waals surface area contributed by atoms with Crippen molar-refractivity contribution in [3.63, 3.8) is 0 Å². The zero-order chi connectivity index (χ0) is 14.8. The summed E-state index contributed by atoms with van der Waals surface area (Å²) in [6.45, 7) is 1.73. The molecule has 1 heterocycles. The van der Waals surface area contributed by atoms with E-state index in [1.807, 2.05) is 0 Å². The highest BCUT2D eigenvalue weighted by Gasteiger charge is 2.32. The highest BCUT2D eigenvalue weighted by atomic mass is 31.0. The van der Waals surface area contributed by atoms with Gasteiger partial charge in [-0.1, -0.05) is 28.5 Å². The standard InChI is InChI=1S/C14H19F2N2OP/c1-9-7-11(12(17-8-9)14(15,16)20)13(19)18-10-5-3-2-4-6-10/h7-8,10H,2-6,20H2,1H3,(H,18,19). The van der Waals surface area contributed by atoms with Crippen LogP contribution in [-0.4, -0.2) is 16.9 Å². The maximum absolute atomic E-state index is 13.5. The van der Waals surface area contributed by atoms with E-state index < -0.39 is 17.3 Å². The number of nitrogens with one attached hydrogen (secondary N) is 1. The fourth-order valence-corrected chi connectivity index (χ4v) is 2.75. The van der Waals surface area contributed by atoms with Crippen molar-refractivity contribution in [1.29, 1.82) is 0 Å². The SMILES string of the molecule is Cc1cnc(C(F)(F)P)c(C(=O)NC2CCCCC2)c1. The number of carbonyl (C=O) groups excluding carboxylic acids is 1. The molecule has 1 aliphatic carbocycles. The molecule has 1 aliphatic rings. The Morgan fingerprint density at radius 3 is 2.65 bits per heavy atom. The van der Waals surface area contributed by atoms with Gasteiger partial charge in [-0.3, -0.25) is 9.78 Å². The number of aryl methyl sites for hydroxylation is 1. The molecule has 0 radical (unpaired) electrons. The van der Waals surface area contributed by atoms with Crippen LogP contribution in [0.5, 0.6) is 0 Å². The van der Waals surface area contributed by atoms with E-state index in [2.05, 4.69) is 10.3 Å². The summed E-state index contributed by atoms with van der Waals surface area (Å²) in [5.74, 6) is -0.453. The van der Waals surface area contributed by atoms with Crippen molar-refractivity contribution in [2.24, 2.45) is 0 Å². The Morgan fingerprint density at radius 1 is 1.40 bits per heavy atom. The molecule has 1 fully saturated rings. The first kappa shape index (κ1) is 15.3. The lowest BCUT2D eigenvalue weighted by Gasteiger charge is -2.23. The van der Waals surface area contributed by atoms with Crippen molar-refractivity contribution in [3.05, 3.63) is 29.1 Å². The van der Waals surface area contributed by atoms with Crippen LogP contribution in [0, 0.1) is 6.92 Å². The number of nitrogens with zero attached hydrogens (tertiary/aromatic N) is 1. The van der Waals surface area contributed by atoms with Crippen molar-refractivity contribution < 1.29 is 13.6 Å². The fraction of sp³-hybridized carbons (Fsp3) is 0.571. The molecule has 1 N–H and O–H groups in total. The number of hydrogen-bond donors (Lipinski definition) is 1. The van der Waals surface area contributed by atoms with E-state index in [1.165, 1.54) is 27.9 Å². The third-order valence-corrected chi connectivity index (χ3v) is 3.80. The van der Waals surface area contributed by atoms with Gasteiger partial charge in [-0.25, -0.2) is 0 Å². The summed E-state index contributed by atoms with van der Waals surface area (Å²) >= 11 is 0. The normalized spacial score (nSPS) is 17.0. The summed E-state index contributed by atoms with van der Waals surface area (Å²) in [5.41, 5.74) is -3.03. The minimum atomic E-state index is -3.20. The molecule has 1 unspecified atom stereocenters. The van der Waals surface area contributed by atoms with Gasteiger partial charge in [-0.2, -0.15) is 8.78 Å². The molecule has 6 heteroatoms. The van der Waals surface area contributed by atoms with Gasteiger partial charge in [0.05, 0.1) is 5.56 Å². The monoisotopic (exact) mass is 300 g/mol. The number of halogens is 2. The molecule has 0 aliphatic heterocycles. The lowest BCUT2D eigenvalue weighted by atomic mass is 9.95. The van der Waals surface area contributed by atoms with Crippen LogP contribution in [0.4, 0.5) is 8.78 Å². The first-order valence-corrected chi connectivity index (χ1v) is 7.40. The molecule has 0 bridgehead atoms. The molecule has 0 spiro atoms. The summed E-state index contributed by atoms with van der Waals surface area (Å²) in [6, 6.07) is 1.56. The van der Waals surface area contributed by atoms with Crippen molar-refractivity contribution in [2.45, 2.75) is 50.7 Å². The molecule has 1 saturated carbocycles. The van der Waals surface area contributed by atoms with Crippen LogP contribution in [-0.2, 0) is 5.66 Å². The number of amides is 1. The van der Waals surface area contributed by atoms with Crippen LogP contribution in [0.15, 0.2) is 12.3 Å². The summed E-state index contributed by atoms with van der Waals surface area (Å²) in [4.78, 5) is 16.0. The van der Waals surface area contributed by atoms with Gasteiger partial charge >= 0.3 is 5.66 Å². The molecule has 1 amide bonds. The fourth-order valence-electron chi connectivity index (χ4n) is 2.52. The average molecular weight is 300 g/mol. The Bertz CT molecular complexity index is 496. The van der Waals surface area contributed by atoms with Crippen LogP contribution >= 0.6 is 9.24 Å².